The highest BCUT2D eigenvalue weighted by Crippen LogP contribution is 2.25. The Bertz CT molecular complexity index is 462. The van der Waals surface area contributed by atoms with Crippen LogP contribution >= 0.6 is 0 Å². The van der Waals surface area contributed by atoms with E-state index in [0.29, 0.717) is 12.5 Å². The minimum Gasteiger partial charge on any atom is -0.393 e. The van der Waals surface area contributed by atoms with Crippen LogP contribution in [0.5, 0.6) is 0 Å². The number of likely N-dealkylation sites (N-methyl/N-ethyl adjacent to an activating group) is 1. The van der Waals surface area contributed by atoms with Crippen molar-refractivity contribution < 1.29 is 9.90 Å². The molecule has 4 nitrogen and oxygen atoms in total. The Labute approximate surface area is 120 Å². The standard InChI is InChI=1S/C16H24N2O2/c1-12-6-3-4-8-14(12)17-16(20)11-18(2)10-13-7-5-9-15(13)19/h3-4,6,8,13,15,19H,5,7,9-11H2,1-2H3,(H,17,20). The lowest BCUT2D eigenvalue weighted by Gasteiger charge is -2.22. The summed E-state index contributed by atoms with van der Waals surface area (Å²) in [5.74, 6) is 0.306. The fourth-order valence-electron chi connectivity index (χ4n) is 2.84. The first-order chi connectivity index (χ1) is 9.56. The molecule has 110 valence electrons. The molecule has 0 saturated heterocycles. The number of carbonyl (C=O) groups excluding carboxylic acids is 1. The van der Waals surface area contributed by atoms with Crippen molar-refractivity contribution in [3.05, 3.63) is 29.8 Å². The summed E-state index contributed by atoms with van der Waals surface area (Å²) in [6.07, 6.45) is 2.85. The maximum Gasteiger partial charge on any atom is 0.238 e. The quantitative estimate of drug-likeness (QED) is 0.865. The number of hydrogen-bond acceptors (Lipinski definition) is 3. The van der Waals surface area contributed by atoms with E-state index in [9.17, 15) is 9.90 Å². The van der Waals surface area contributed by atoms with E-state index in [0.717, 1.165) is 37.1 Å². The Kier molecular flexibility index (Phi) is 5.15. The molecule has 0 heterocycles. The van der Waals surface area contributed by atoms with E-state index >= 15 is 0 Å². The van der Waals surface area contributed by atoms with E-state index in [1.165, 1.54) is 0 Å². The van der Waals surface area contributed by atoms with Crippen molar-refractivity contribution in [2.24, 2.45) is 5.92 Å². The summed E-state index contributed by atoms with van der Waals surface area (Å²) >= 11 is 0. The highest BCUT2D eigenvalue weighted by atomic mass is 16.3. The van der Waals surface area contributed by atoms with Crippen LogP contribution in [0.25, 0.3) is 0 Å². The monoisotopic (exact) mass is 276 g/mol. The number of aliphatic hydroxyl groups is 1. The molecule has 1 aliphatic rings. The second kappa shape index (κ2) is 6.86. The van der Waals surface area contributed by atoms with Crippen molar-refractivity contribution in [1.82, 2.24) is 4.90 Å². The minimum absolute atomic E-state index is 0.00529. The van der Waals surface area contributed by atoms with E-state index < -0.39 is 0 Å². The molecule has 1 saturated carbocycles. The first-order valence-corrected chi connectivity index (χ1v) is 7.28. The molecule has 2 unspecified atom stereocenters. The molecule has 1 aliphatic carbocycles. The number of nitrogens with one attached hydrogen (secondary N) is 1. The second-order valence-corrected chi connectivity index (χ2v) is 5.82. The molecule has 0 spiro atoms. The smallest absolute Gasteiger partial charge is 0.238 e. The number of hydrogen-bond donors (Lipinski definition) is 2. The molecule has 1 aromatic rings. The minimum atomic E-state index is -0.197. The fourth-order valence-corrected chi connectivity index (χ4v) is 2.84. The highest BCUT2D eigenvalue weighted by Gasteiger charge is 2.26. The van der Waals surface area contributed by atoms with Crippen LogP contribution < -0.4 is 5.32 Å². The van der Waals surface area contributed by atoms with E-state index in [2.05, 4.69) is 5.32 Å². The van der Waals surface area contributed by atoms with Gasteiger partial charge in [-0.1, -0.05) is 24.6 Å². The summed E-state index contributed by atoms with van der Waals surface area (Å²) in [4.78, 5) is 14.0. The SMILES string of the molecule is Cc1ccccc1NC(=O)CN(C)CC1CCCC1O. The molecule has 0 radical (unpaired) electrons. The number of aliphatic hydroxyl groups excluding tert-OH is 1. The van der Waals surface area contributed by atoms with Crippen molar-refractivity contribution in [2.75, 3.05) is 25.5 Å². The van der Waals surface area contributed by atoms with Gasteiger partial charge in [0.1, 0.15) is 0 Å². The summed E-state index contributed by atoms with van der Waals surface area (Å²) in [5.41, 5.74) is 1.93. The third-order valence-corrected chi connectivity index (χ3v) is 4.00. The number of benzene rings is 1. The molecule has 2 atom stereocenters. The third-order valence-electron chi connectivity index (χ3n) is 4.00. The van der Waals surface area contributed by atoms with Crippen LogP contribution in [0, 0.1) is 12.8 Å². The van der Waals surface area contributed by atoms with E-state index in [4.69, 9.17) is 0 Å². The zero-order chi connectivity index (χ0) is 14.5. The lowest BCUT2D eigenvalue weighted by atomic mass is 10.1. The van der Waals surface area contributed by atoms with E-state index in [1.54, 1.807) is 0 Å². The van der Waals surface area contributed by atoms with Gasteiger partial charge in [0.05, 0.1) is 12.6 Å². The average molecular weight is 276 g/mol. The molecule has 0 aliphatic heterocycles. The van der Waals surface area contributed by atoms with Gasteiger partial charge in [0.25, 0.3) is 0 Å². The lowest BCUT2D eigenvalue weighted by Crippen LogP contribution is -2.35. The zero-order valence-corrected chi connectivity index (χ0v) is 12.3. The van der Waals surface area contributed by atoms with Gasteiger partial charge >= 0.3 is 0 Å². The first-order valence-electron chi connectivity index (χ1n) is 7.28. The van der Waals surface area contributed by atoms with Gasteiger partial charge in [0.2, 0.25) is 5.91 Å². The van der Waals surface area contributed by atoms with Gasteiger partial charge < -0.3 is 10.4 Å². The molecule has 1 fully saturated rings. The molecule has 1 amide bonds. The van der Waals surface area contributed by atoms with Gasteiger partial charge in [-0.25, -0.2) is 0 Å². The molecule has 0 bridgehead atoms. The predicted octanol–water partition coefficient (Wildman–Crippen LogP) is 2.03. The van der Waals surface area contributed by atoms with Gasteiger partial charge in [0, 0.05) is 12.2 Å². The maximum absolute atomic E-state index is 12.0. The summed E-state index contributed by atoms with van der Waals surface area (Å²) in [7, 11) is 1.93. The molecule has 2 N–H and O–H groups in total. The van der Waals surface area contributed by atoms with E-state index in [1.807, 2.05) is 43.1 Å². The Morgan fingerprint density at radius 2 is 2.15 bits per heavy atom. The molecule has 1 aromatic carbocycles. The van der Waals surface area contributed by atoms with Crippen LogP contribution in [0.2, 0.25) is 0 Å². The summed E-state index contributed by atoms with van der Waals surface area (Å²) in [6.45, 7) is 3.12. The molecule has 20 heavy (non-hydrogen) atoms. The second-order valence-electron chi connectivity index (χ2n) is 5.82. The maximum atomic E-state index is 12.0. The van der Waals surface area contributed by atoms with Crippen molar-refractivity contribution >= 4 is 11.6 Å². The largest absolute Gasteiger partial charge is 0.393 e. The molecule has 4 heteroatoms. The van der Waals surface area contributed by atoms with Crippen LogP contribution in [0.15, 0.2) is 24.3 Å². The fraction of sp³-hybridized carbons (Fsp3) is 0.562. The van der Waals surface area contributed by atoms with Crippen molar-refractivity contribution in [1.29, 1.82) is 0 Å². The Morgan fingerprint density at radius 3 is 2.80 bits per heavy atom. The normalized spacial score (nSPS) is 22.2. The number of aryl methyl sites for hydroxylation is 1. The molecular weight excluding hydrogens is 252 g/mol. The number of rotatable bonds is 5. The van der Waals surface area contributed by atoms with Gasteiger partial charge in [-0.3, -0.25) is 9.69 Å². The Hall–Kier alpha value is -1.39. The van der Waals surface area contributed by atoms with Crippen molar-refractivity contribution in [3.63, 3.8) is 0 Å². The zero-order valence-electron chi connectivity index (χ0n) is 12.3. The van der Waals surface area contributed by atoms with Crippen LogP contribution in [0.4, 0.5) is 5.69 Å². The molecular formula is C16H24N2O2. The Balaban J connectivity index is 1.80. The number of para-hydroxylation sites is 1. The van der Waals surface area contributed by atoms with Crippen LogP contribution in [0.3, 0.4) is 0 Å². The summed E-state index contributed by atoms with van der Waals surface area (Å²) in [5, 5.41) is 12.8. The topological polar surface area (TPSA) is 52.6 Å². The van der Waals surface area contributed by atoms with Gasteiger partial charge in [-0.05, 0) is 44.4 Å². The van der Waals surface area contributed by atoms with Crippen molar-refractivity contribution in [2.45, 2.75) is 32.3 Å². The van der Waals surface area contributed by atoms with Gasteiger partial charge in [-0.2, -0.15) is 0 Å². The lowest BCUT2D eigenvalue weighted by molar-refractivity contribution is -0.117. The first kappa shape index (κ1) is 15.0. The predicted molar refractivity (Wildman–Crippen MR) is 80.7 cm³/mol. The van der Waals surface area contributed by atoms with Crippen LogP contribution in [0.1, 0.15) is 24.8 Å². The van der Waals surface area contributed by atoms with Crippen LogP contribution in [-0.4, -0.2) is 42.2 Å². The molecule has 2 rings (SSSR count). The number of anilines is 1. The Morgan fingerprint density at radius 1 is 1.40 bits per heavy atom. The van der Waals surface area contributed by atoms with Gasteiger partial charge in [0.15, 0.2) is 0 Å². The number of carbonyl (C=O) groups is 1. The highest BCUT2D eigenvalue weighted by molar-refractivity contribution is 5.92. The summed E-state index contributed by atoms with van der Waals surface area (Å²) in [6, 6.07) is 7.77. The average Bonchev–Trinajstić information content (AvgIpc) is 2.77. The number of nitrogens with zero attached hydrogens (tertiary/aromatic N) is 1. The molecule has 0 aromatic heterocycles. The van der Waals surface area contributed by atoms with E-state index in [-0.39, 0.29) is 12.0 Å². The van der Waals surface area contributed by atoms with Crippen molar-refractivity contribution in [3.8, 4) is 0 Å². The van der Waals surface area contributed by atoms with Gasteiger partial charge in [-0.15, -0.1) is 0 Å². The number of amides is 1. The van der Waals surface area contributed by atoms with Crippen LogP contribution in [-0.2, 0) is 4.79 Å². The summed E-state index contributed by atoms with van der Waals surface area (Å²) < 4.78 is 0. The third kappa shape index (κ3) is 4.05.